The number of rotatable bonds is 3. The molecule has 1 heterocycles. The molecule has 5 nitrogen and oxygen atoms in total. The Morgan fingerprint density at radius 2 is 1.84 bits per heavy atom. The lowest BCUT2D eigenvalue weighted by Crippen LogP contribution is -2.34. The fourth-order valence-corrected chi connectivity index (χ4v) is 3.16. The van der Waals surface area contributed by atoms with Crippen molar-refractivity contribution in [2.75, 3.05) is 0 Å². The molecule has 5 heteroatoms. The average molecular weight is 339 g/mol. The molecule has 130 valence electrons. The molecule has 0 bridgehead atoms. The molecule has 1 unspecified atom stereocenters. The van der Waals surface area contributed by atoms with Crippen LogP contribution in [0.25, 0.3) is 0 Å². The van der Waals surface area contributed by atoms with Gasteiger partial charge in [-0.15, -0.1) is 0 Å². The smallest absolute Gasteiger partial charge is 0.331 e. The van der Waals surface area contributed by atoms with Crippen molar-refractivity contribution in [3.8, 4) is 5.75 Å². The van der Waals surface area contributed by atoms with Crippen LogP contribution in [0.4, 0.5) is 0 Å². The van der Waals surface area contributed by atoms with Gasteiger partial charge >= 0.3 is 5.97 Å². The van der Waals surface area contributed by atoms with Crippen LogP contribution in [-0.4, -0.2) is 27.0 Å². The Balaban J connectivity index is 2.07. The van der Waals surface area contributed by atoms with Crippen LogP contribution < -0.4 is 0 Å². The van der Waals surface area contributed by atoms with Crippen molar-refractivity contribution in [3.63, 3.8) is 0 Å². The Hall–Kier alpha value is -2.82. The second-order valence-electron chi connectivity index (χ2n) is 7.35. The third-order valence-electron chi connectivity index (χ3n) is 4.58. The van der Waals surface area contributed by atoms with E-state index in [1.807, 2.05) is 32.9 Å². The number of aromatic hydroxyl groups is 1. The highest BCUT2D eigenvalue weighted by atomic mass is 16.4. The van der Waals surface area contributed by atoms with E-state index in [1.165, 1.54) is 11.0 Å². The normalized spacial score (nSPS) is 15.2. The standard InChI is InChI=1S/C20H21NO4/c1-20(2,3)13-8-9-16(22)15(10-13)17(19(24)25)21-11-12-6-4-5-7-14(12)18(21)23/h4-10,17,22H,11H2,1-3H3,(H,24,25). The van der Waals surface area contributed by atoms with E-state index in [9.17, 15) is 19.8 Å². The van der Waals surface area contributed by atoms with Crippen molar-refractivity contribution in [1.29, 1.82) is 0 Å². The van der Waals surface area contributed by atoms with Gasteiger partial charge in [-0.2, -0.15) is 0 Å². The first-order chi connectivity index (χ1) is 11.7. The molecule has 0 aliphatic carbocycles. The van der Waals surface area contributed by atoms with Crippen molar-refractivity contribution in [1.82, 2.24) is 4.90 Å². The largest absolute Gasteiger partial charge is 0.508 e. The fourth-order valence-electron chi connectivity index (χ4n) is 3.16. The molecule has 3 rings (SSSR count). The van der Waals surface area contributed by atoms with Crippen molar-refractivity contribution in [3.05, 3.63) is 64.7 Å². The van der Waals surface area contributed by atoms with Crippen LogP contribution in [0.15, 0.2) is 42.5 Å². The summed E-state index contributed by atoms with van der Waals surface area (Å²) in [7, 11) is 0. The van der Waals surface area contributed by atoms with E-state index in [2.05, 4.69) is 0 Å². The summed E-state index contributed by atoms with van der Waals surface area (Å²) in [4.78, 5) is 26.0. The topological polar surface area (TPSA) is 77.8 Å². The molecule has 0 spiro atoms. The number of hydrogen-bond donors (Lipinski definition) is 2. The van der Waals surface area contributed by atoms with Gasteiger partial charge < -0.3 is 15.1 Å². The number of carboxylic acids is 1. The summed E-state index contributed by atoms with van der Waals surface area (Å²) in [5, 5.41) is 20.1. The second-order valence-corrected chi connectivity index (χ2v) is 7.35. The molecular weight excluding hydrogens is 318 g/mol. The summed E-state index contributed by atoms with van der Waals surface area (Å²) >= 11 is 0. The number of fused-ring (bicyclic) bond motifs is 1. The fraction of sp³-hybridized carbons (Fsp3) is 0.300. The van der Waals surface area contributed by atoms with E-state index in [4.69, 9.17) is 0 Å². The summed E-state index contributed by atoms with van der Waals surface area (Å²) in [6.07, 6.45) is 0. The highest BCUT2D eigenvalue weighted by Crippen LogP contribution is 2.37. The van der Waals surface area contributed by atoms with Crippen LogP contribution in [0.1, 0.15) is 53.9 Å². The van der Waals surface area contributed by atoms with Gasteiger partial charge in [-0.3, -0.25) is 4.79 Å². The summed E-state index contributed by atoms with van der Waals surface area (Å²) in [5.74, 6) is -1.62. The quantitative estimate of drug-likeness (QED) is 0.897. The first-order valence-corrected chi connectivity index (χ1v) is 8.15. The Morgan fingerprint density at radius 1 is 1.16 bits per heavy atom. The molecule has 1 amide bonds. The Morgan fingerprint density at radius 3 is 2.44 bits per heavy atom. The molecule has 0 saturated heterocycles. The van der Waals surface area contributed by atoms with Gasteiger partial charge in [0.25, 0.3) is 5.91 Å². The van der Waals surface area contributed by atoms with E-state index in [1.54, 1.807) is 24.3 Å². The molecular formula is C20H21NO4. The third kappa shape index (κ3) is 2.97. The SMILES string of the molecule is CC(C)(C)c1ccc(O)c(C(C(=O)O)N2Cc3ccccc3C2=O)c1. The molecule has 2 aromatic carbocycles. The Kier molecular flexibility index (Phi) is 4.03. The molecule has 0 radical (unpaired) electrons. The molecule has 2 aromatic rings. The van der Waals surface area contributed by atoms with E-state index < -0.39 is 12.0 Å². The summed E-state index contributed by atoms with van der Waals surface area (Å²) in [6, 6.07) is 10.8. The molecule has 1 atom stereocenters. The number of carbonyl (C=O) groups excluding carboxylic acids is 1. The van der Waals surface area contributed by atoms with Crippen LogP contribution in [-0.2, 0) is 16.8 Å². The maximum Gasteiger partial charge on any atom is 0.331 e. The highest BCUT2D eigenvalue weighted by molar-refractivity contribution is 6.00. The third-order valence-corrected chi connectivity index (χ3v) is 4.58. The van der Waals surface area contributed by atoms with Crippen LogP contribution in [0.5, 0.6) is 5.75 Å². The molecule has 1 aliphatic rings. The maximum atomic E-state index is 12.7. The van der Waals surface area contributed by atoms with Crippen molar-refractivity contribution >= 4 is 11.9 Å². The van der Waals surface area contributed by atoms with Gasteiger partial charge in [-0.25, -0.2) is 4.79 Å². The second kappa shape index (κ2) is 5.92. The van der Waals surface area contributed by atoms with Gasteiger partial charge in [0, 0.05) is 17.7 Å². The Bertz CT molecular complexity index is 851. The maximum absolute atomic E-state index is 12.7. The highest BCUT2D eigenvalue weighted by Gasteiger charge is 2.38. The molecule has 1 aliphatic heterocycles. The van der Waals surface area contributed by atoms with Gasteiger partial charge in [0.15, 0.2) is 6.04 Å². The minimum Gasteiger partial charge on any atom is -0.508 e. The number of phenols is 1. The summed E-state index contributed by atoms with van der Waals surface area (Å²) in [5.41, 5.74) is 2.24. The summed E-state index contributed by atoms with van der Waals surface area (Å²) < 4.78 is 0. The Labute approximate surface area is 146 Å². The zero-order chi connectivity index (χ0) is 18.4. The van der Waals surface area contributed by atoms with Gasteiger partial charge in [-0.05, 0) is 34.7 Å². The predicted molar refractivity (Wildman–Crippen MR) is 93.5 cm³/mol. The first kappa shape index (κ1) is 17.0. The number of carboxylic acid groups (broad SMARTS) is 1. The minimum atomic E-state index is -1.23. The van der Waals surface area contributed by atoms with Gasteiger partial charge in [0.1, 0.15) is 5.75 Å². The average Bonchev–Trinajstić information content (AvgIpc) is 2.85. The molecule has 0 aromatic heterocycles. The molecule has 2 N–H and O–H groups in total. The van der Waals surface area contributed by atoms with Crippen molar-refractivity contribution < 1.29 is 19.8 Å². The zero-order valence-corrected chi connectivity index (χ0v) is 14.5. The van der Waals surface area contributed by atoms with E-state index in [0.717, 1.165) is 11.1 Å². The van der Waals surface area contributed by atoms with Crippen LogP contribution in [0.3, 0.4) is 0 Å². The lowest BCUT2D eigenvalue weighted by Gasteiger charge is -2.27. The van der Waals surface area contributed by atoms with E-state index in [0.29, 0.717) is 5.56 Å². The number of nitrogens with zero attached hydrogens (tertiary/aromatic N) is 1. The molecule has 0 saturated carbocycles. The summed E-state index contributed by atoms with van der Waals surface area (Å²) in [6.45, 7) is 6.24. The van der Waals surface area contributed by atoms with Gasteiger partial charge in [0.05, 0.1) is 0 Å². The monoisotopic (exact) mass is 339 g/mol. The van der Waals surface area contributed by atoms with Crippen LogP contribution in [0.2, 0.25) is 0 Å². The van der Waals surface area contributed by atoms with Crippen molar-refractivity contribution in [2.45, 2.75) is 38.8 Å². The number of phenolic OH excluding ortho intramolecular Hbond substituents is 1. The number of benzene rings is 2. The van der Waals surface area contributed by atoms with Gasteiger partial charge in [-0.1, -0.05) is 45.0 Å². The first-order valence-electron chi connectivity index (χ1n) is 8.15. The minimum absolute atomic E-state index is 0.121. The molecule has 25 heavy (non-hydrogen) atoms. The number of carbonyl (C=O) groups is 2. The lowest BCUT2D eigenvalue weighted by molar-refractivity contribution is -0.142. The number of hydrogen-bond acceptors (Lipinski definition) is 3. The predicted octanol–water partition coefficient (Wildman–Crippen LogP) is 3.47. The zero-order valence-electron chi connectivity index (χ0n) is 14.5. The van der Waals surface area contributed by atoms with Crippen LogP contribution >= 0.6 is 0 Å². The van der Waals surface area contributed by atoms with E-state index in [-0.39, 0.29) is 29.2 Å². The molecule has 0 fully saturated rings. The lowest BCUT2D eigenvalue weighted by atomic mass is 9.85. The van der Waals surface area contributed by atoms with E-state index >= 15 is 0 Å². The number of aliphatic carboxylic acids is 1. The van der Waals surface area contributed by atoms with Crippen LogP contribution in [0, 0.1) is 0 Å². The van der Waals surface area contributed by atoms with Crippen molar-refractivity contribution in [2.24, 2.45) is 0 Å². The number of amides is 1. The van der Waals surface area contributed by atoms with Gasteiger partial charge in [0.2, 0.25) is 0 Å².